The zero-order valence-electron chi connectivity index (χ0n) is 16.0. The van der Waals surface area contributed by atoms with Gasteiger partial charge in [0.2, 0.25) is 0 Å². The molecule has 0 fully saturated rings. The van der Waals surface area contributed by atoms with E-state index in [1.54, 1.807) is 0 Å². The van der Waals surface area contributed by atoms with Crippen LogP contribution in [0, 0.1) is 0 Å². The Hall–Kier alpha value is -3.12. The van der Waals surface area contributed by atoms with Crippen LogP contribution < -0.4 is 0 Å². The fraction of sp³-hybridized carbons (Fsp3) is 0.111. The van der Waals surface area contributed by atoms with E-state index < -0.39 is 0 Å². The van der Waals surface area contributed by atoms with Gasteiger partial charge in [-0.2, -0.15) is 0 Å². The molecule has 0 N–H and O–H groups in total. The highest BCUT2D eigenvalue weighted by Gasteiger charge is 2.27. The molecule has 4 rings (SSSR count). The number of hydrogen-bond donors (Lipinski definition) is 0. The van der Waals surface area contributed by atoms with Crippen molar-refractivity contribution >= 4 is 17.7 Å². The van der Waals surface area contributed by atoms with Crippen molar-refractivity contribution in [2.45, 2.75) is 20.3 Å². The van der Waals surface area contributed by atoms with Crippen LogP contribution in [-0.2, 0) is 0 Å². The van der Waals surface area contributed by atoms with Crippen molar-refractivity contribution in [1.82, 2.24) is 0 Å². The molecule has 27 heavy (non-hydrogen) atoms. The molecule has 0 saturated carbocycles. The SMILES string of the molecule is C=C1c2ccc(/C=C\CC)c(-c3ccccc3)c2-c2cccc(/C=C\C)c21. The Kier molecular flexibility index (Phi) is 4.64. The molecule has 1 aliphatic rings. The van der Waals surface area contributed by atoms with Gasteiger partial charge in [0.05, 0.1) is 0 Å². The van der Waals surface area contributed by atoms with Crippen LogP contribution in [0.5, 0.6) is 0 Å². The molecule has 0 unspecified atom stereocenters. The third kappa shape index (κ3) is 2.88. The average molecular weight is 348 g/mol. The van der Waals surface area contributed by atoms with Crippen molar-refractivity contribution in [1.29, 1.82) is 0 Å². The molecule has 0 amide bonds. The van der Waals surface area contributed by atoms with Crippen molar-refractivity contribution in [3.05, 3.63) is 102 Å². The smallest absolute Gasteiger partial charge is 0.00143 e. The number of benzene rings is 3. The minimum atomic E-state index is 1.03. The maximum atomic E-state index is 4.45. The average Bonchev–Trinajstić information content (AvgIpc) is 3.00. The lowest BCUT2D eigenvalue weighted by Gasteiger charge is -2.14. The predicted molar refractivity (Wildman–Crippen MR) is 119 cm³/mol. The minimum absolute atomic E-state index is 1.03. The van der Waals surface area contributed by atoms with Crippen LogP contribution in [0.1, 0.15) is 42.5 Å². The Balaban J connectivity index is 2.08. The van der Waals surface area contributed by atoms with E-state index in [0.717, 1.165) is 12.0 Å². The Morgan fingerprint density at radius 1 is 0.741 bits per heavy atom. The molecule has 0 radical (unpaired) electrons. The fourth-order valence-corrected chi connectivity index (χ4v) is 4.02. The summed E-state index contributed by atoms with van der Waals surface area (Å²) in [5, 5.41) is 0. The lowest BCUT2D eigenvalue weighted by molar-refractivity contribution is 1.23. The van der Waals surface area contributed by atoms with Gasteiger partial charge in [0, 0.05) is 0 Å². The van der Waals surface area contributed by atoms with Crippen molar-refractivity contribution in [3.63, 3.8) is 0 Å². The number of allylic oxidation sites excluding steroid dienone is 2. The van der Waals surface area contributed by atoms with Gasteiger partial charge in [-0.15, -0.1) is 0 Å². The van der Waals surface area contributed by atoms with Gasteiger partial charge in [-0.1, -0.05) is 98.5 Å². The monoisotopic (exact) mass is 348 g/mol. The first-order valence-corrected chi connectivity index (χ1v) is 9.61. The molecular weight excluding hydrogens is 324 g/mol. The van der Waals surface area contributed by atoms with Crippen LogP contribution >= 0.6 is 0 Å². The van der Waals surface area contributed by atoms with Gasteiger partial charge in [0.1, 0.15) is 0 Å². The summed E-state index contributed by atoms with van der Waals surface area (Å²) >= 11 is 0. The largest absolute Gasteiger partial charge is 0.0905 e. The molecule has 0 atom stereocenters. The summed E-state index contributed by atoms with van der Waals surface area (Å²) in [4.78, 5) is 0. The van der Waals surface area contributed by atoms with E-state index >= 15 is 0 Å². The molecule has 0 heteroatoms. The van der Waals surface area contributed by atoms with E-state index in [1.165, 1.54) is 44.5 Å². The van der Waals surface area contributed by atoms with Crippen molar-refractivity contribution in [3.8, 4) is 22.3 Å². The van der Waals surface area contributed by atoms with Gasteiger partial charge in [-0.25, -0.2) is 0 Å². The van der Waals surface area contributed by atoms with Crippen LogP contribution in [0.4, 0.5) is 0 Å². The third-order valence-corrected chi connectivity index (χ3v) is 5.17. The van der Waals surface area contributed by atoms with Crippen LogP contribution in [0.3, 0.4) is 0 Å². The first-order valence-electron chi connectivity index (χ1n) is 9.61. The maximum absolute atomic E-state index is 4.45. The van der Waals surface area contributed by atoms with Gasteiger partial charge in [-0.05, 0) is 63.4 Å². The number of hydrogen-bond acceptors (Lipinski definition) is 0. The van der Waals surface area contributed by atoms with Crippen molar-refractivity contribution in [2.24, 2.45) is 0 Å². The highest BCUT2D eigenvalue weighted by Crippen LogP contribution is 2.50. The maximum Gasteiger partial charge on any atom is -0.00143 e. The van der Waals surface area contributed by atoms with Crippen molar-refractivity contribution in [2.75, 3.05) is 0 Å². The standard InChI is InChI=1S/C27H24/c1-4-6-12-22-17-18-23-19(3)25-20(11-5-2)15-10-16-24(25)27(23)26(22)21-13-8-7-9-14-21/h5-18H,3-4H2,1-2H3/b11-5-,12-6-. The van der Waals surface area contributed by atoms with E-state index in [0.29, 0.717) is 0 Å². The molecule has 0 spiro atoms. The van der Waals surface area contributed by atoms with E-state index in [9.17, 15) is 0 Å². The molecule has 0 aromatic heterocycles. The molecule has 3 aromatic rings. The number of fused-ring (bicyclic) bond motifs is 3. The van der Waals surface area contributed by atoms with Gasteiger partial charge in [0.25, 0.3) is 0 Å². The molecule has 0 saturated heterocycles. The van der Waals surface area contributed by atoms with Gasteiger partial charge in [-0.3, -0.25) is 0 Å². The zero-order chi connectivity index (χ0) is 18.8. The van der Waals surface area contributed by atoms with E-state index in [1.807, 2.05) is 0 Å². The van der Waals surface area contributed by atoms with Crippen molar-refractivity contribution < 1.29 is 0 Å². The Morgan fingerprint density at radius 2 is 1.52 bits per heavy atom. The predicted octanol–water partition coefficient (Wildman–Crippen LogP) is 7.85. The van der Waals surface area contributed by atoms with Crippen LogP contribution in [0.2, 0.25) is 0 Å². The fourth-order valence-electron chi connectivity index (χ4n) is 4.02. The summed E-state index contributed by atoms with van der Waals surface area (Å²) in [5.41, 5.74) is 11.3. The number of rotatable bonds is 4. The second kappa shape index (κ2) is 7.25. The summed E-state index contributed by atoms with van der Waals surface area (Å²) in [5.74, 6) is 0. The lowest BCUT2D eigenvalue weighted by atomic mass is 9.89. The summed E-state index contributed by atoms with van der Waals surface area (Å²) in [6.07, 6.45) is 9.78. The van der Waals surface area contributed by atoms with E-state index in [2.05, 4.69) is 105 Å². The summed E-state index contributed by atoms with van der Waals surface area (Å²) in [6, 6.07) is 21.7. The minimum Gasteiger partial charge on any atom is -0.0905 e. The summed E-state index contributed by atoms with van der Waals surface area (Å²) < 4.78 is 0. The highest BCUT2D eigenvalue weighted by atomic mass is 14.3. The van der Waals surface area contributed by atoms with Gasteiger partial charge in [0.15, 0.2) is 0 Å². The molecule has 132 valence electrons. The summed E-state index contributed by atoms with van der Waals surface area (Å²) in [7, 11) is 0. The Bertz CT molecular complexity index is 1060. The first-order chi connectivity index (χ1) is 13.3. The summed E-state index contributed by atoms with van der Waals surface area (Å²) in [6.45, 7) is 8.69. The molecule has 0 heterocycles. The zero-order valence-corrected chi connectivity index (χ0v) is 16.0. The second-order valence-electron chi connectivity index (χ2n) is 6.88. The van der Waals surface area contributed by atoms with Crippen LogP contribution in [0.15, 0.2) is 79.4 Å². The normalized spacial score (nSPS) is 12.7. The molecule has 1 aliphatic carbocycles. The Labute approximate surface area is 162 Å². The Morgan fingerprint density at radius 3 is 2.26 bits per heavy atom. The third-order valence-electron chi connectivity index (χ3n) is 5.17. The molecule has 0 bridgehead atoms. The van der Waals surface area contributed by atoms with E-state index in [-0.39, 0.29) is 0 Å². The van der Waals surface area contributed by atoms with Gasteiger partial charge < -0.3 is 0 Å². The highest BCUT2D eigenvalue weighted by molar-refractivity contribution is 6.09. The van der Waals surface area contributed by atoms with Crippen LogP contribution in [0.25, 0.3) is 40.0 Å². The molecule has 3 aromatic carbocycles. The quantitative estimate of drug-likeness (QED) is 0.352. The molecule has 0 nitrogen and oxygen atoms in total. The van der Waals surface area contributed by atoms with Gasteiger partial charge >= 0.3 is 0 Å². The second-order valence-corrected chi connectivity index (χ2v) is 6.88. The van der Waals surface area contributed by atoms with Crippen LogP contribution in [-0.4, -0.2) is 0 Å². The molecular formula is C27H24. The molecule has 0 aliphatic heterocycles. The topological polar surface area (TPSA) is 0 Å². The lowest BCUT2D eigenvalue weighted by Crippen LogP contribution is -1.90. The first kappa shape index (κ1) is 17.3. The van der Waals surface area contributed by atoms with E-state index in [4.69, 9.17) is 0 Å².